The largest absolute Gasteiger partial charge is 0.466 e. The summed E-state index contributed by atoms with van der Waals surface area (Å²) in [6, 6.07) is 4.34. The van der Waals surface area contributed by atoms with Gasteiger partial charge in [0.1, 0.15) is 0 Å². The van der Waals surface area contributed by atoms with E-state index in [0.29, 0.717) is 44.3 Å². The molecule has 0 aliphatic heterocycles. The Hall–Kier alpha value is -2.82. The Labute approximate surface area is 316 Å². The number of carbonyl (C=O) groups is 6. The standard InChI is InChI=1S/C27H42N9O7.K.H3O4P/c28-11-5-4-9-18(16-37)34-25(42)20(13-17-7-2-1-3-8-17)36-26(43)21(14-23(39)40)35-22(38)15-33-24(41)19(29)10-6-12-32-27(30)31;;1-5(2,3)4/h1-3,7-8,18-21H,4-6,9-15,28-29H2,(H,33,41)(H,34,42)(H,35,38)(H,36,43)(H,39,40)(H4,30,31,32);;(H3,1,2,3,4). The second kappa shape index (κ2) is 25.2. The second-order valence-electron chi connectivity index (χ2n) is 10.7. The number of hydrogen-bond acceptors (Lipinski definition) is 10. The normalized spacial score (nSPS) is 13.2. The SMILES string of the molecule is N=C(N)NCCCC(N)C(=O)NCC(=O)NC(CC(=O)O)C(=O)NC(Cc1ccccc1)C(=O)NC(CCCCN)[C](=O)[K].O=P(O)(O)O. The smallest absolute Gasteiger partial charge is 0.303 e. The van der Waals surface area contributed by atoms with E-state index in [4.69, 9.17) is 41.9 Å². The molecular formula is C27H45KN9O11P. The minimum atomic E-state index is -4.64. The van der Waals surface area contributed by atoms with Gasteiger partial charge in [-0.05, 0) is 12.8 Å². The third kappa shape index (κ3) is 24.9. The van der Waals surface area contributed by atoms with Gasteiger partial charge in [-0.3, -0.25) is 10.2 Å². The van der Waals surface area contributed by atoms with Crippen molar-refractivity contribution in [3.05, 3.63) is 35.9 Å². The van der Waals surface area contributed by atoms with Crippen LogP contribution in [0.2, 0.25) is 0 Å². The maximum atomic E-state index is 13.3. The summed E-state index contributed by atoms with van der Waals surface area (Å²) >= 11 is -0.200. The molecule has 0 saturated carbocycles. The molecule has 0 saturated heterocycles. The number of carboxylic acids is 1. The van der Waals surface area contributed by atoms with Crippen molar-refractivity contribution >= 4 is 92.2 Å². The predicted molar refractivity (Wildman–Crippen MR) is 176 cm³/mol. The zero-order chi connectivity index (χ0) is 37.6. The van der Waals surface area contributed by atoms with Crippen LogP contribution in [0, 0.1) is 5.41 Å². The third-order valence-electron chi connectivity index (χ3n) is 6.47. The molecule has 4 unspecified atom stereocenters. The topological polar surface area (TPSA) is 362 Å². The molecular weight excluding hydrogens is 696 g/mol. The van der Waals surface area contributed by atoms with Gasteiger partial charge in [-0.25, -0.2) is 4.57 Å². The van der Waals surface area contributed by atoms with Gasteiger partial charge in [0, 0.05) is 6.54 Å². The number of amides is 4. The summed E-state index contributed by atoms with van der Waals surface area (Å²) in [4.78, 5) is 96.6. The van der Waals surface area contributed by atoms with Crippen molar-refractivity contribution in [2.24, 2.45) is 17.2 Å². The molecule has 270 valence electrons. The number of unbranched alkanes of at least 4 members (excludes halogenated alkanes) is 1. The van der Waals surface area contributed by atoms with Crippen molar-refractivity contribution < 1.29 is 53.1 Å². The number of hydrogen-bond donors (Lipinski definition) is 13. The van der Waals surface area contributed by atoms with Gasteiger partial charge < -0.3 is 31.5 Å². The summed E-state index contributed by atoms with van der Waals surface area (Å²) < 4.78 is 8.80. The number of carbonyl (C=O) groups excluding carboxylic acids is 5. The van der Waals surface area contributed by atoms with Crippen LogP contribution >= 0.6 is 7.82 Å². The summed E-state index contributed by atoms with van der Waals surface area (Å²) in [5, 5.41) is 28.9. The van der Waals surface area contributed by atoms with Crippen LogP contribution in [0.15, 0.2) is 30.3 Å². The molecule has 16 N–H and O–H groups in total. The van der Waals surface area contributed by atoms with Crippen molar-refractivity contribution in [3.63, 3.8) is 0 Å². The zero-order valence-electron chi connectivity index (χ0n) is 27.1. The van der Waals surface area contributed by atoms with Gasteiger partial charge in [0.05, 0.1) is 6.04 Å². The molecule has 1 aromatic carbocycles. The molecule has 22 heteroatoms. The van der Waals surface area contributed by atoms with E-state index in [1.807, 2.05) is 0 Å². The summed E-state index contributed by atoms with van der Waals surface area (Å²) in [5.74, 6) is -4.65. The molecule has 4 amide bonds. The fourth-order valence-corrected chi connectivity index (χ4v) is 4.75. The van der Waals surface area contributed by atoms with E-state index in [0.717, 1.165) is 0 Å². The van der Waals surface area contributed by atoms with E-state index in [1.165, 1.54) is 0 Å². The average molecular weight is 742 g/mol. The van der Waals surface area contributed by atoms with Crippen LogP contribution in [0.5, 0.6) is 0 Å². The molecule has 0 aliphatic carbocycles. The van der Waals surface area contributed by atoms with Crippen molar-refractivity contribution in [2.45, 2.75) is 69.1 Å². The second-order valence-corrected chi connectivity index (χ2v) is 13.3. The van der Waals surface area contributed by atoms with Gasteiger partial charge in [0.2, 0.25) is 5.91 Å². The van der Waals surface area contributed by atoms with Crippen LogP contribution in [0.25, 0.3) is 0 Å². The third-order valence-corrected chi connectivity index (χ3v) is 7.56. The first kappa shape index (κ1) is 46.2. The van der Waals surface area contributed by atoms with Crippen molar-refractivity contribution in [2.75, 3.05) is 19.6 Å². The van der Waals surface area contributed by atoms with Crippen molar-refractivity contribution in [1.29, 1.82) is 5.41 Å². The molecule has 4 atom stereocenters. The Morgan fingerprint density at radius 1 is 0.837 bits per heavy atom. The van der Waals surface area contributed by atoms with Crippen LogP contribution in [0.3, 0.4) is 0 Å². The number of guanidine groups is 1. The van der Waals surface area contributed by atoms with Gasteiger partial charge in [-0.1, -0.05) is 0 Å². The number of rotatable bonds is 21. The van der Waals surface area contributed by atoms with Gasteiger partial charge in [0.15, 0.2) is 5.96 Å². The molecule has 0 fully saturated rings. The fraction of sp³-hybridized carbons (Fsp3) is 0.519. The van der Waals surface area contributed by atoms with Crippen LogP contribution in [-0.4, -0.2) is 148 Å². The van der Waals surface area contributed by atoms with E-state index in [1.54, 1.807) is 30.3 Å². The van der Waals surface area contributed by atoms with Crippen molar-refractivity contribution in [1.82, 2.24) is 26.6 Å². The number of benzene rings is 1. The Balaban J connectivity index is 0.00000427. The maximum absolute atomic E-state index is 13.3. The van der Waals surface area contributed by atoms with Gasteiger partial charge in [-0.15, -0.1) is 0 Å². The first-order valence-corrected chi connectivity index (χ1v) is 18.2. The Bertz CT molecular complexity index is 1300. The quantitative estimate of drug-likeness (QED) is 0.0187. The molecule has 1 aromatic rings. The molecule has 20 nitrogen and oxygen atoms in total. The Kier molecular flexibility index (Phi) is 23.7. The first-order valence-electron chi connectivity index (χ1n) is 15.1. The molecule has 0 spiro atoms. The minimum absolute atomic E-state index is 0.0386. The fourth-order valence-electron chi connectivity index (χ4n) is 4.08. The van der Waals surface area contributed by atoms with E-state index in [-0.39, 0.29) is 67.6 Å². The molecule has 49 heavy (non-hydrogen) atoms. The molecule has 0 heterocycles. The van der Waals surface area contributed by atoms with Crippen LogP contribution in [0.4, 0.5) is 0 Å². The van der Waals surface area contributed by atoms with Crippen LogP contribution in [-0.2, 0) is 39.8 Å². The zero-order valence-corrected chi connectivity index (χ0v) is 31.1. The van der Waals surface area contributed by atoms with Gasteiger partial charge in [-0.2, -0.15) is 0 Å². The number of nitrogens with one attached hydrogen (secondary N) is 6. The number of phosphoric acid groups is 1. The summed E-state index contributed by atoms with van der Waals surface area (Å²) in [6.07, 6.45) is 1.62. The van der Waals surface area contributed by atoms with Crippen molar-refractivity contribution in [3.8, 4) is 0 Å². The molecule has 0 radical (unpaired) electrons. The maximum Gasteiger partial charge on any atom is 0.466 e. The van der Waals surface area contributed by atoms with Crippen LogP contribution < -0.4 is 43.8 Å². The summed E-state index contributed by atoms with van der Waals surface area (Å²) in [7, 11) is -4.64. The molecule has 1 rings (SSSR count). The number of carboxylic acid groups (broad SMARTS) is 1. The molecule has 0 bridgehead atoms. The Morgan fingerprint density at radius 2 is 1.41 bits per heavy atom. The Morgan fingerprint density at radius 3 is 1.94 bits per heavy atom. The number of nitrogens with two attached hydrogens (primary N) is 3. The average Bonchev–Trinajstić information content (AvgIpc) is 2.99. The van der Waals surface area contributed by atoms with E-state index >= 15 is 0 Å². The van der Waals surface area contributed by atoms with Gasteiger partial charge >= 0.3 is 236 Å². The van der Waals surface area contributed by atoms with E-state index < -0.39 is 74.6 Å². The summed E-state index contributed by atoms with van der Waals surface area (Å²) in [5.41, 5.74) is 17.2. The predicted octanol–water partition coefficient (Wildman–Crippen LogP) is -4.24. The minimum Gasteiger partial charge on any atom is -0.303 e. The van der Waals surface area contributed by atoms with Gasteiger partial charge in [0.25, 0.3) is 0 Å². The van der Waals surface area contributed by atoms with E-state index in [9.17, 15) is 33.9 Å². The summed E-state index contributed by atoms with van der Waals surface area (Å²) in [6.45, 7) is 0.196. The first-order chi connectivity index (χ1) is 22.8. The van der Waals surface area contributed by atoms with Crippen LogP contribution in [0.1, 0.15) is 44.1 Å². The van der Waals surface area contributed by atoms with E-state index in [2.05, 4.69) is 26.6 Å². The molecule has 0 aromatic heterocycles. The molecule has 0 aliphatic rings. The number of aliphatic carboxylic acids is 1. The monoisotopic (exact) mass is 741 g/mol.